The molecule has 0 aliphatic rings. The first-order chi connectivity index (χ1) is 9.04. The Labute approximate surface area is 115 Å². The molecule has 1 rings (SSSR count). The third-order valence-electron chi connectivity index (χ3n) is 2.42. The van der Waals surface area contributed by atoms with E-state index in [-0.39, 0.29) is 19.6 Å². The Balaban J connectivity index is 2.47. The summed E-state index contributed by atoms with van der Waals surface area (Å²) < 4.78 is 0. The van der Waals surface area contributed by atoms with Crippen molar-refractivity contribution in [2.75, 3.05) is 6.61 Å². The Morgan fingerprint density at radius 3 is 2.58 bits per heavy atom. The molecule has 104 valence electrons. The van der Waals surface area contributed by atoms with Gasteiger partial charge in [0, 0.05) is 24.6 Å². The Bertz CT molecular complexity index is 453. The van der Waals surface area contributed by atoms with Crippen LogP contribution >= 0.6 is 11.6 Å². The highest BCUT2D eigenvalue weighted by Gasteiger charge is 2.18. The lowest BCUT2D eigenvalue weighted by Gasteiger charge is -2.14. The maximum Gasteiger partial charge on any atom is 0.326 e. The van der Waals surface area contributed by atoms with Crippen LogP contribution < -0.4 is 10.6 Å². The predicted molar refractivity (Wildman–Crippen MR) is 70.0 cm³/mol. The van der Waals surface area contributed by atoms with Crippen LogP contribution in [0.25, 0.3) is 0 Å². The second kappa shape index (κ2) is 7.60. The van der Waals surface area contributed by atoms with E-state index < -0.39 is 18.0 Å². The Kier molecular flexibility index (Phi) is 6.11. The molecule has 1 aromatic rings. The van der Waals surface area contributed by atoms with Crippen molar-refractivity contribution in [3.63, 3.8) is 0 Å². The summed E-state index contributed by atoms with van der Waals surface area (Å²) in [6.07, 6.45) is -0.0468. The summed E-state index contributed by atoms with van der Waals surface area (Å²) in [4.78, 5) is 22.3. The van der Waals surface area contributed by atoms with E-state index in [1.165, 1.54) is 0 Å². The number of amides is 2. The first-order valence-electron chi connectivity index (χ1n) is 5.66. The monoisotopic (exact) mass is 286 g/mol. The predicted octanol–water partition coefficient (Wildman–Crippen LogP) is 0.975. The second-order valence-electron chi connectivity index (χ2n) is 3.82. The Morgan fingerprint density at radius 1 is 1.32 bits per heavy atom. The first kappa shape index (κ1) is 15.3. The largest absolute Gasteiger partial charge is 0.480 e. The van der Waals surface area contributed by atoms with Gasteiger partial charge in [0.2, 0.25) is 0 Å². The molecule has 0 radical (unpaired) electrons. The quantitative estimate of drug-likeness (QED) is 0.626. The summed E-state index contributed by atoms with van der Waals surface area (Å²) in [6.45, 7) is -0.126. The number of aliphatic hydroxyl groups is 1. The van der Waals surface area contributed by atoms with Crippen molar-refractivity contribution in [2.45, 2.75) is 19.0 Å². The zero-order valence-electron chi connectivity index (χ0n) is 10.1. The molecule has 1 unspecified atom stereocenters. The SMILES string of the molecule is O=C(NCc1ccccc1Cl)NC(CCO)C(=O)O. The summed E-state index contributed by atoms with van der Waals surface area (Å²) in [6, 6.07) is 5.27. The molecule has 7 heteroatoms. The molecule has 6 nitrogen and oxygen atoms in total. The molecule has 2 amide bonds. The molecule has 0 bridgehead atoms. The molecule has 0 fully saturated rings. The van der Waals surface area contributed by atoms with Crippen LogP contribution in [0.2, 0.25) is 5.02 Å². The number of rotatable bonds is 6. The number of aliphatic hydroxyl groups excluding tert-OH is 1. The normalized spacial score (nSPS) is 11.7. The number of nitrogens with one attached hydrogen (secondary N) is 2. The van der Waals surface area contributed by atoms with Gasteiger partial charge in [-0.3, -0.25) is 0 Å². The highest BCUT2D eigenvalue weighted by atomic mass is 35.5. The first-order valence-corrected chi connectivity index (χ1v) is 6.04. The highest BCUT2D eigenvalue weighted by molar-refractivity contribution is 6.31. The van der Waals surface area contributed by atoms with Crippen molar-refractivity contribution < 1.29 is 19.8 Å². The third kappa shape index (κ3) is 5.15. The lowest BCUT2D eigenvalue weighted by Crippen LogP contribution is -2.46. The number of carboxylic acid groups (broad SMARTS) is 1. The molecule has 19 heavy (non-hydrogen) atoms. The Hall–Kier alpha value is -1.79. The van der Waals surface area contributed by atoms with Crippen LogP contribution in [0.1, 0.15) is 12.0 Å². The number of carboxylic acids is 1. The molecule has 1 aromatic carbocycles. The molecule has 0 saturated heterocycles. The Morgan fingerprint density at radius 2 is 2.00 bits per heavy atom. The topological polar surface area (TPSA) is 98.7 Å². The van der Waals surface area contributed by atoms with Crippen molar-refractivity contribution in [3.05, 3.63) is 34.9 Å². The molecular weight excluding hydrogens is 272 g/mol. The van der Waals surface area contributed by atoms with Crippen molar-refractivity contribution in [3.8, 4) is 0 Å². The average molecular weight is 287 g/mol. The van der Waals surface area contributed by atoms with Crippen molar-refractivity contribution in [1.29, 1.82) is 0 Å². The maximum atomic E-state index is 11.5. The fourth-order valence-corrected chi connectivity index (χ4v) is 1.62. The lowest BCUT2D eigenvalue weighted by molar-refractivity contribution is -0.139. The molecule has 0 saturated carbocycles. The second-order valence-corrected chi connectivity index (χ2v) is 4.23. The van der Waals surface area contributed by atoms with Crippen molar-refractivity contribution >= 4 is 23.6 Å². The van der Waals surface area contributed by atoms with Gasteiger partial charge in [0.15, 0.2) is 0 Å². The summed E-state index contributed by atoms with van der Waals surface area (Å²) >= 11 is 5.91. The molecule has 1 atom stereocenters. The van der Waals surface area contributed by atoms with Crippen LogP contribution in [-0.2, 0) is 11.3 Å². The fraction of sp³-hybridized carbons (Fsp3) is 0.333. The van der Waals surface area contributed by atoms with Gasteiger partial charge >= 0.3 is 12.0 Å². The average Bonchev–Trinajstić information content (AvgIpc) is 2.37. The number of aliphatic carboxylic acids is 1. The van der Waals surface area contributed by atoms with E-state index in [1.54, 1.807) is 24.3 Å². The number of hydrogen-bond donors (Lipinski definition) is 4. The minimum atomic E-state index is -1.19. The van der Waals surface area contributed by atoms with Crippen LogP contribution in [-0.4, -0.2) is 34.9 Å². The summed E-state index contributed by atoms with van der Waals surface area (Å²) in [7, 11) is 0. The summed E-state index contributed by atoms with van der Waals surface area (Å²) in [5.41, 5.74) is 0.730. The summed E-state index contributed by atoms with van der Waals surface area (Å²) in [5, 5.41) is 22.8. The third-order valence-corrected chi connectivity index (χ3v) is 2.79. The minimum absolute atomic E-state index is 0.0468. The minimum Gasteiger partial charge on any atom is -0.480 e. The van der Waals surface area contributed by atoms with Crippen LogP contribution in [0.15, 0.2) is 24.3 Å². The van der Waals surface area contributed by atoms with Crippen LogP contribution in [0.5, 0.6) is 0 Å². The number of carbonyl (C=O) groups excluding carboxylic acids is 1. The van der Waals surface area contributed by atoms with E-state index in [9.17, 15) is 9.59 Å². The van der Waals surface area contributed by atoms with E-state index >= 15 is 0 Å². The van der Waals surface area contributed by atoms with Crippen molar-refractivity contribution in [2.24, 2.45) is 0 Å². The molecular formula is C12H15ClN2O4. The van der Waals surface area contributed by atoms with Crippen molar-refractivity contribution in [1.82, 2.24) is 10.6 Å². The van der Waals surface area contributed by atoms with Gasteiger partial charge in [-0.2, -0.15) is 0 Å². The van der Waals surface area contributed by atoms with Crippen LogP contribution in [0.3, 0.4) is 0 Å². The van der Waals surface area contributed by atoms with E-state index in [0.29, 0.717) is 5.02 Å². The van der Waals surface area contributed by atoms with Crippen LogP contribution in [0.4, 0.5) is 4.79 Å². The number of benzene rings is 1. The number of halogens is 1. The molecule has 0 heterocycles. The lowest BCUT2D eigenvalue weighted by atomic mass is 10.2. The number of carbonyl (C=O) groups is 2. The molecule has 4 N–H and O–H groups in total. The fourth-order valence-electron chi connectivity index (χ4n) is 1.41. The van der Waals surface area contributed by atoms with Gasteiger partial charge in [0.25, 0.3) is 0 Å². The number of hydrogen-bond acceptors (Lipinski definition) is 3. The summed E-state index contributed by atoms with van der Waals surface area (Å²) in [5.74, 6) is -1.19. The zero-order chi connectivity index (χ0) is 14.3. The van der Waals surface area contributed by atoms with Gasteiger partial charge in [-0.1, -0.05) is 29.8 Å². The van der Waals surface area contributed by atoms with Gasteiger partial charge in [0.1, 0.15) is 6.04 Å². The molecule has 0 aliphatic carbocycles. The zero-order valence-corrected chi connectivity index (χ0v) is 10.9. The van der Waals surface area contributed by atoms with Gasteiger partial charge < -0.3 is 20.8 Å². The smallest absolute Gasteiger partial charge is 0.326 e. The van der Waals surface area contributed by atoms with Gasteiger partial charge in [-0.25, -0.2) is 9.59 Å². The van der Waals surface area contributed by atoms with E-state index in [0.717, 1.165) is 5.56 Å². The van der Waals surface area contributed by atoms with Gasteiger partial charge in [-0.05, 0) is 11.6 Å². The number of urea groups is 1. The molecule has 0 aromatic heterocycles. The molecule has 0 spiro atoms. The highest BCUT2D eigenvalue weighted by Crippen LogP contribution is 2.14. The van der Waals surface area contributed by atoms with E-state index in [1.807, 2.05) is 0 Å². The van der Waals surface area contributed by atoms with Gasteiger partial charge in [0.05, 0.1) is 0 Å². The van der Waals surface area contributed by atoms with E-state index in [4.69, 9.17) is 21.8 Å². The molecule has 0 aliphatic heterocycles. The van der Waals surface area contributed by atoms with Crippen LogP contribution in [0, 0.1) is 0 Å². The van der Waals surface area contributed by atoms with E-state index in [2.05, 4.69) is 10.6 Å². The standard InChI is InChI=1S/C12H15ClN2O4/c13-9-4-2-1-3-8(9)7-14-12(19)15-10(5-6-16)11(17)18/h1-4,10,16H,5-7H2,(H,17,18)(H2,14,15,19). The van der Waals surface area contributed by atoms with Gasteiger partial charge in [-0.15, -0.1) is 0 Å². The maximum absolute atomic E-state index is 11.5.